The maximum absolute atomic E-state index is 6.09. The normalized spacial score (nSPS) is 10.8. The van der Waals surface area contributed by atoms with E-state index in [1.807, 2.05) is 31.4 Å². The summed E-state index contributed by atoms with van der Waals surface area (Å²) in [6.07, 6.45) is 1.87. The Bertz CT molecular complexity index is 490. The number of hydrogen-bond acceptors (Lipinski definition) is 3. The molecule has 2 rings (SSSR count). The minimum absolute atomic E-state index is 0.523. The van der Waals surface area contributed by atoms with E-state index in [-0.39, 0.29) is 0 Å². The predicted molar refractivity (Wildman–Crippen MR) is 68.3 cm³/mol. The third-order valence-electron chi connectivity index (χ3n) is 2.33. The van der Waals surface area contributed by atoms with Gasteiger partial charge < -0.3 is 5.32 Å². The molecular formula is C11H12Cl2N4. The molecule has 4 nitrogen and oxygen atoms in total. The molecule has 17 heavy (non-hydrogen) atoms. The van der Waals surface area contributed by atoms with Crippen LogP contribution >= 0.6 is 23.2 Å². The number of benzene rings is 1. The first kappa shape index (κ1) is 12.4. The largest absolute Gasteiger partial charge is 0.314 e. The first-order valence-corrected chi connectivity index (χ1v) is 5.93. The Hall–Kier alpha value is -1.10. The van der Waals surface area contributed by atoms with Crippen LogP contribution in [0.25, 0.3) is 0 Å². The molecule has 1 aromatic heterocycles. The lowest BCUT2D eigenvalue weighted by atomic mass is 10.2. The van der Waals surface area contributed by atoms with Gasteiger partial charge in [0, 0.05) is 22.2 Å². The second-order valence-corrected chi connectivity index (χ2v) is 4.45. The van der Waals surface area contributed by atoms with Crippen LogP contribution in [0.1, 0.15) is 11.3 Å². The summed E-state index contributed by atoms with van der Waals surface area (Å²) in [5, 5.41) is 12.3. The molecule has 0 aliphatic rings. The summed E-state index contributed by atoms with van der Waals surface area (Å²) in [4.78, 5) is 0. The van der Waals surface area contributed by atoms with Gasteiger partial charge in [0.15, 0.2) is 0 Å². The maximum Gasteiger partial charge on any atom is 0.0964 e. The Morgan fingerprint density at radius 1 is 1.29 bits per heavy atom. The van der Waals surface area contributed by atoms with Gasteiger partial charge in [0.25, 0.3) is 0 Å². The van der Waals surface area contributed by atoms with Crippen LogP contribution in [0.2, 0.25) is 10.0 Å². The number of halogens is 2. The van der Waals surface area contributed by atoms with Gasteiger partial charge in [-0.2, -0.15) is 0 Å². The second kappa shape index (κ2) is 5.49. The summed E-state index contributed by atoms with van der Waals surface area (Å²) in [6, 6.07) is 5.45. The molecule has 0 radical (unpaired) electrons. The van der Waals surface area contributed by atoms with E-state index in [1.54, 1.807) is 4.68 Å². The van der Waals surface area contributed by atoms with Crippen LogP contribution in [0.5, 0.6) is 0 Å². The van der Waals surface area contributed by atoms with E-state index < -0.39 is 0 Å². The molecule has 0 aliphatic carbocycles. The van der Waals surface area contributed by atoms with Crippen LogP contribution < -0.4 is 5.32 Å². The van der Waals surface area contributed by atoms with Crippen molar-refractivity contribution in [1.82, 2.24) is 20.3 Å². The molecule has 90 valence electrons. The van der Waals surface area contributed by atoms with Crippen LogP contribution in [0.3, 0.4) is 0 Å². The third kappa shape index (κ3) is 2.97. The third-order valence-corrected chi connectivity index (χ3v) is 3.03. The van der Waals surface area contributed by atoms with Crippen molar-refractivity contribution >= 4 is 23.2 Å². The first-order valence-electron chi connectivity index (χ1n) is 5.17. The van der Waals surface area contributed by atoms with E-state index in [4.69, 9.17) is 23.2 Å². The van der Waals surface area contributed by atoms with Gasteiger partial charge in [-0.05, 0) is 19.2 Å². The van der Waals surface area contributed by atoms with Gasteiger partial charge in [-0.1, -0.05) is 34.5 Å². The molecule has 0 saturated heterocycles. The minimum atomic E-state index is 0.523. The lowest BCUT2D eigenvalue weighted by Crippen LogP contribution is -2.05. The molecule has 2 aromatic rings. The van der Waals surface area contributed by atoms with Crippen molar-refractivity contribution in [3.05, 3.63) is 45.7 Å². The summed E-state index contributed by atoms with van der Waals surface area (Å²) in [6.45, 7) is 1.21. The fourth-order valence-corrected chi connectivity index (χ4v) is 2.04. The fraction of sp³-hybridized carbons (Fsp3) is 0.273. The van der Waals surface area contributed by atoms with Crippen LogP contribution in [-0.2, 0) is 13.1 Å². The highest BCUT2D eigenvalue weighted by molar-refractivity contribution is 6.35. The van der Waals surface area contributed by atoms with Gasteiger partial charge in [-0.15, -0.1) is 5.10 Å². The van der Waals surface area contributed by atoms with Crippen molar-refractivity contribution in [1.29, 1.82) is 0 Å². The summed E-state index contributed by atoms with van der Waals surface area (Å²) in [5.74, 6) is 0. The van der Waals surface area contributed by atoms with Gasteiger partial charge in [0.1, 0.15) is 0 Å². The van der Waals surface area contributed by atoms with Crippen LogP contribution in [0.15, 0.2) is 24.4 Å². The molecule has 0 bridgehead atoms. The van der Waals surface area contributed by atoms with Crippen LogP contribution in [0.4, 0.5) is 0 Å². The summed E-state index contributed by atoms with van der Waals surface area (Å²) < 4.78 is 1.72. The second-order valence-electron chi connectivity index (χ2n) is 3.64. The fourth-order valence-electron chi connectivity index (χ4n) is 1.52. The zero-order valence-corrected chi connectivity index (χ0v) is 10.8. The number of rotatable bonds is 4. The SMILES string of the molecule is CNCc1cn(Cc2c(Cl)cccc2Cl)nn1. The van der Waals surface area contributed by atoms with E-state index in [0.29, 0.717) is 23.1 Å². The molecule has 6 heteroatoms. The molecule has 0 aliphatic heterocycles. The van der Waals surface area contributed by atoms with Crippen molar-refractivity contribution in [3.63, 3.8) is 0 Å². The molecule has 0 unspecified atom stereocenters. The van der Waals surface area contributed by atoms with Gasteiger partial charge >= 0.3 is 0 Å². The van der Waals surface area contributed by atoms with Crippen LogP contribution in [-0.4, -0.2) is 22.0 Å². The van der Waals surface area contributed by atoms with Crippen molar-refractivity contribution in [2.75, 3.05) is 7.05 Å². The number of nitrogens with zero attached hydrogens (tertiary/aromatic N) is 3. The molecule has 0 saturated carbocycles. The highest BCUT2D eigenvalue weighted by Gasteiger charge is 2.07. The Kier molecular flexibility index (Phi) is 3.99. The zero-order chi connectivity index (χ0) is 12.3. The molecule has 1 aromatic carbocycles. The van der Waals surface area contributed by atoms with Gasteiger partial charge in [-0.3, -0.25) is 0 Å². The summed E-state index contributed by atoms with van der Waals surface area (Å²) in [7, 11) is 1.87. The Morgan fingerprint density at radius 3 is 2.65 bits per heavy atom. The maximum atomic E-state index is 6.09. The predicted octanol–water partition coefficient (Wildman–Crippen LogP) is 2.35. The molecule has 0 spiro atoms. The highest BCUT2D eigenvalue weighted by atomic mass is 35.5. The molecular weight excluding hydrogens is 259 g/mol. The standard InChI is InChI=1S/C11H12Cl2N4/c1-14-5-8-6-17(16-15-8)7-9-10(12)3-2-4-11(9)13/h2-4,6,14H,5,7H2,1H3. The lowest BCUT2D eigenvalue weighted by molar-refractivity contribution is 0.649. The summed E-state index contributed by atoms with van der Waals surface area (Å²) in [5.41, 5.74) is 1.74. The Balaban J connectivity index is 2.19. The smallest absolute Gasteiger partial charge is 0.0964 e. The number of nitrogens with one attached hydrogen (secondary N) is 1. The zero-order valence-electron chi connectivity index (χ0n) is 9.32. The average molecular weight is 271 g/mol. The van der Waals surface area contributed by atoms with Gasteiger partial charge in [0.05, 0.1) is 18.4 Å². The van der Waals surface area contributed by atoms with Gasteiger partial charge in [0.2, 0.25) is 0 Å². The monoisotopic (exact) mass is 270 g/mol. The number of aromatic nitrogens is 3. The molecule has 1 heterocycles. The molecule has 0 atom stereocenters. The lowest BCUT2D eigenvalue weighted by Gasteiger charge is -2.05. The van der Waals surface area contributed by atoms with Gasteiger partial charge in [-0.25, -0.2) is 4.68 Å². The highest BCUT2D eigenvalue weighted by Crippen LogP contribution is 2.24. The Morgan fingerprint density at radius 2 is 2.00 bits per heavy atom. The quantitative estimate of drug-likeness (QED) is 0.928. The average Bonchev–Trinajstić information content (AvgIpc) is 2.72. The first-order chi connectivity index (χ1) is 8.20. The van der Waals surface area contributed by atoms with Crippen molar-refractivity contribution in [2.45, 2.75) is 13.1 Å². The van der Waals surface area contributed by atoms with E-state index in [0.717, 1.165) is 11.3 Å². The van der Waals surface area contributed by atoms with Crippen molar-refractivity contribution < 1.29 is 0 Å². The van der Waals surface area contributed by atoms with E-state index in [1.165, 1.54) is 0 Å². The van der Waals surface area contributed by atoms with Crippen molar-refractivity contribution in [2.24, 2.45) is 0 Å². The van der Waals surface area contributed by atoms with E-state index in [2.05, 4.69) is 15.6 Å². The number of hydrogen-bond donors (Lipinski definition) is 1. The molecule has 1 N–H and O–H groups in total. The van der Waals surface area contributed by atoms with E-state index >= 15 is 0 Å². The van der Waals surface area contributed by atoms with E-state index in [9.17, 15) is 0 Å². The minimum Gasteiger partial charge on any atom is -0.314 e. The topological polar surface area (TPSA) is 42.7 Å². The van der Waals surface area contributed by atoms with Crippen molar-refractivity contribution in [3.8, 4) is 0 Å². The van der Waals surface area contributed by atoms with Crippen LogP contribution in [0, 0.1) is 0 Å². The Labute approximate surface area is 110 Å². The summed E-state index contributed by atoms with van der Waals surface area (Å²) >= 11 is 12.2. The molecule has 0 fully saturated rings. The molecule has 0 amide bonds.